The molecular formula is C15H27N5O. The molecule has 1 fully saturated rings. The van der Waals surface area contributed by atoms with Crippen molar-refractivity contribution in [2.45, 2.75) is 39.5 Å². The van der Waals surface area contributed by atoms with E-state index in [1.54, 1.807) is 0 Å². The molecule has 6 heteroatoms. The van der Waals surface area contributed by atoms with E-state index in [4.69, 9.17) is 15.6 Å². The Morgan fingerprint density at radius 1 is 1.33 bits per heavy atom. The van der Waals surface area contributed by atoms with Crippen LogP contribution >= 0.6 is 0 Å². The summed E-state index contributed by atoms with van der Waals surface area (Å²) in [5.74, 6) is 9.03. The van der Waals surface area contributed by atoms with Crippen LogP contribution in [0.1, 0.15) is 44.0 Å². The van der Waals surface area contributed by atoms with Crippen LogP contribution in [-0.2, 0) is 4.74 Å². The molecular weight excluding hydrogens is 266 g/mol. The molecule has 0 amide bonds. The van der Waals surface area contributed by atoms with Crippen molar-refractivity contribution in [2.24, 2.45) is 11.8 Å². The molecule has 3 N–H and O–H groups in total. The van der Waals surface area contributed by atoms with Gasteiger partial charge in [0.1, 0.15) is 17.5 Å². The zero-order valence-electron chi connectivity index (χ0n) is 13.5. The highest BCUT2D eigenvalue weighted by Gasteiger charge is 2.20. The van der Waals surface area contributed by atoms with Gasteiger partial charge in [-0.15, -0.1) is 0 Å². The number of ether oxygens (including phenoxy) is 1. The summed E-state index contributed by atoms with van der Waals surface area (Å²) in [7, 11) is 2.09. The summed E-state index contributed by atoms with van der Waals surface area (Å²) in [5, 5.41) is 0. The molecule has 2 rings (SSSR count). The van der Waals surface area contributed by atoms with Crippen LogP contribution < -0.4 is 16.2 Å². The third-order valence-corrected chi connectivity index (χ3v) is 4.03. The zero-order valence-corrected chi connectivity index (χ0v) is 13.5. The van der Waals surface area contributed by atoms with E-state index < -0.39 is 0 Å². The van der Waals surface area contributed by atoms with Crippen molar-refractivity contribution < 1.29 is 4.74 Å². The van der Waals surface area contributed by atoms with Gasteiger partial charge in [-0.2, -0.15) is 0 Å². The molecule has 1 aromatic heterocycles. The van der Waals surface area contributed by atoms with Crippen molar-refractivity contribution >= 4 is 11.6 Å². The van der Waals surface area contributed by atoms with E-state index in [2.05, 4.69) is 36.2 Å². The van der Waals surface area contributed by atoms with E-state index in [0.29, 0.717) is 11.7 Å². The Balaban J connectivity index is 2.21. The second-order valence-electron chi connectivity index (χ2n) is 6.11. The number of anilines is 2. The smallest absolute Gasteiger partial charge is 0.148 e. The highest BCUT2D eigenvalue weighted by atomic mass is 16.5. The van der Waals surface area contributed by atoms with Gasteiger partial charge in [-0.3, -0.25) is 0 Å². The van der Waals surface area contributed by atoms with Gasteiger partial charge < -0.3 is 15.1 Å². The average Bonchev–Trinajstić information content (AvgIpc) is 2.48. The summed E-state index contributed by atoms with van der Waals surface area (Å²) in [4.78, 5) is 11.4. The maximum absolute atomic E-state index is 5.60. The lowest BCUT2D eigenvalue weighted by Gasteiger charge is -2.29. The molecule has 0 unspecified atom stereocenters. The maximum Gasteiger partial charge on any atom is 0.148 e. The Morgan fingerprint density at radius 2 is 2.00 bits per heavy atom. The topological polar surface area (TPSA) is 76.3 Å². The van der Waals surface area contributed by atoms with Crippen LogP contribution in [-0.4, -0.2) is 36.8 Å². The fraction of sp³-hybridized carbons (Fsp3) is 0.733. The Morgan fingerprint density at radius 3 is 2.57 bits per heavy atom. The van der Waals surface area contributed by atoms with Gasteiger partial charge in [0.15, 0.2) is 0 Å². The lowest BCUT2D eigenvalue weighted by atomic mass is 10.00. The molecule has 1 aromatic rings. The molecule has 6 nitrogen and oxygen atoms in total. The molecule has 0 atom stereocenters. The van der Waals surface area contributed by atoms with Crippen molar-refractivity contribution in [3.8, 4) is 0 Å². The monoisotopic (exact) mass is 293 g/mol. The Hall–Kier alpha value is -1.40. The Labute approximate surface area is 127 Å². The number of nitrogens with one attached hydrogen (secondary N) is 1. The van der Waals surface area contributed by atoms with E-state index >= 15 is 0 Å². The van der Waals surface area contributed by atoms with Gasteiger partial charge in [0.2, 0.25) is 0 Å². The number of nitrogens with two attached hydrogens (primary N) is 1. The molecule has 118 valence electrons. The van der Waals surface area contributed by atoms with Crippen LogP contribution in [0, 0.1) is 12.8 Å². The highest BCUT2D eigenvalue weighted by molar-refractivity contribution is 5.58. The zero-order chi connectivity index (χ0) is 15.4. The SMILES string of the molecule is Cc1c(NN)nc(C(C)C)nc1N(C)CC1CCOCC1. The molecule has 0 aromatic carbocycles. The third kappa shape index (κ3) is 3.83. The Kier molecular flexibility index (Phi) is 5.36. The second-order valence-corrected chi connectivity index (χ2v) is 6.11. The largest absolute Gasteiger partial charge is 0.381 e. The van der Waals surface area contributed by atoms with Crippen LogP contribution in [0.25, 0.3) is 0 Å². The van der Waals surface area contributed by atoms with Crippen LogP contribution in [0.5, 0.6) is 0 Å². The van der Waals surface area contributed by atoms with Crippen LogP contribution in [0.4, 0.5) is 11.6 Å². The first kappa shape index (κ1) is 16.0. The minimum Gasteiger partial charge on any atom is -0.381 e. The predicted molar refractivity (Wildman–Crippen MR) is 85.5 cm³/mol. The summed E-state index contributed by atoms with van der Waals surface area (Å²) >= 11 is 0. The normalized spacial score (nSPS) is 16.3. The van der Waals surface area contributed by atoms with Crippen molar-refractivity contribution in [3.05, 3.63) is 11.4 Å². The molecule has 21 heavy (non-hydrogen) atoms. The van der Waals surface area contributed by atoms with Gasteiger partial charge in [-0.25, -0.2) is 15.8 Å². The third-order valence-electron chi connectivity index (χ3n) is 4.03. The summed E-state index contributed by atoms with van der Waals surface area (Å²) in [5.41, 5.74) is 3.69. The number of aromatic nitrogens is 2. The minimum atomic E-state index is 0.271. The first-order valence-corrected chi connectivity index (χ1v) is 7.67. The number of hydrazine groups is 1. The van der Waals surface area contributed by atoms with Gasteiger partial charge >= 0.3 is 0 Å². The van der Waals surface area contributed by atoms with Crippen LogP contribution in [0.3, 0.4) is 0 Å². The van der Waals surface area contributed by atoms with E-state index in [9.17, 15) is 0 Å². The van der Waals surface area contributed by atoms with E-state index in [0.717, 1.165) is 49.8 Å². The van der Waals surface area contributed by atoms with Gasteiger partial charge in [-0.1, -0.05) is 13.8 Å². The fourth-order valence-electron chi connectivity index (χ4n) is 2.69. The molecule has 1 aliphatic rings. The van der Waals surface area contributed by atoms with Crippen molar-refractivity contribution in [2.75, 3.05) is 37.1 Å². The number of nitrogens with zero attached hydrogens (tertiary/aromatic N) is 3. The van der Waals surface area contributed by atoms with Gasteiger partial charge in [0.05, 0.1) is 0 Å². The van der Waals surface area contributed by atoms with Crippen molar-refractivity contribution in [3.63, 3.8) is 0 Å². The Bertz CT molecular complexity index is 471. The quantitative estimate of drug-likeness (QED) is 0.639. The first-order chi connectivity index (χ1) is 10.0. The number of nitrogen functional groups attached to an aromatic ring is 1. The average molecular weight is 293 g/mol. The summed E-state index contributed by atoms with van der Waals surface area (Å²) < 4.78 is 5.43. The number of hydrogen-bond acceptors (Lipinski definition) is 6. The van der Waals surface area contributed by atoms with Gasteiger partial charge in [0.25, 0.3) is 0 Å². The molecule has 0 saturated carbocycles. The van der Waals surface area contributed by atoms with Crippen molar-refractivity contribution in [1.29, 1.82) is 0 Å². The molecule has 2 heterocycles. The van der Waals surface area contributed by atoms with Gasteiger partial charge in [-0.05, 0) is 25.7 Å². The minimum absolute atomic E-state index is 0.271. The highest BCUT2D eigenvalue weighted by Crippen LogP contribution is 2.26. The second kappa shape index (κ2) is 7.04. The summed E-state index contributed by atoms with van der Waals surface area (Å²) in [6.07, 6.45) is 2.24. The van der Waals surface area contributed by atoms with Crippen molar-refractivity contribution in [1.82, 2.24) is 9.97 Å². The van der Waals surface area contributed by atoms with E-state index in [1.165, 1.54) is 0 Å². The lowest BCUT2D eigenvalue weighted by molar-refractivity contribution is 0.0685. The number of rotatable bonds is 5. The first-order valence-electron chi connectivity index (χ1n) is 7.67. The molecule has 1 saturated heterocycles. The van der Waals surface area contributed by atoms with Gasteiger partial charge in [0, 0.05) is 38.3 Å². The molecule has 0 bridgehead atoms. The van der Waals surface area contributed by atoms with E-state index in [1.807, 2.05) is 6.92 Å². The maximum atomic E-state index is 5.60. The summed E-state index contributed by atoms with van der Waals surface area (Å²) in [6, 6.07) is 0. The molecule has 0 spiro atoms. The van der Waals surface area contributed by atoms with Crippen LogP contribution in [0.2, 0.25) is 0 Å². The summed E-state index contributed by atoms with van der Waals surface area (Å²) in [6.45, 7) is 8.92. The molecule has 1 aliphatic heterocycles. The molecule has 0 radical (unpaired) electrons. The fourth-order valence-corrected chi connectivity index (χ4v) is 2.69. The number of hydrogen-bond donors (Lipinski definition) is 2. The predicted octanol–water partition coefficient (Wildman–Crippen LogP) is 2.06. The molecule has 0 aliphatic carbocycles. The standard InChI is InChI=1S/C15H27N5O/c1-10(2)13-17-14(19-16)11(3)15(18-13)20(4)9-12-5-7-21-8-6-12/h10,12H,5-9,16H2,1-4H3,(H,17,18,19). The van der Waals surface area contributed by atoms with E-state index in [-0.39, 0.29) is 5.92 Å². The van der Waals surface area contributed by atoms with Crippen LogP contribution in [0.15, 0.2) is 0 Å². The lowest BCUT2D eigenvalue weighted by Crippen LogP contribution is -2.31.